The zero-order chi connectivity index (χ0) is 19.6. The van der Waals surface area contributed by atoms with Crippen LogP contribution in [0.5, 0.6) is 5.75 Å². The van der Waals surface area contributed by atoms with Crippen molar-refractivity contribution >= 4 is 23.2 Å². The third-order valence-corrected chi connectivity index (χ3v) is 4.59. The van der Waals surface area contributed by atoms with Gasteiger partial charge in [0.15, 0.2) is 0 Å². The predicted molar refractivity (Wildman–Crippen MR) is 114 cm³/mol. The molecule has 0 fully saturated rings. The average Bonchev–Trinajstić information content (AvgIpc) is 2.73. The van der Waals surface area contributed by atoms with Crippen molar-refractivity contribution in [2.45, 2.75) is 13.0 Å². The minimum absolute atomic E-state index is 0.102. The van der Waals surface area contributed by atoms with E-state index in [0.717, 1.165) is 23.4 Å². The molecule has 0 aliphatic carbocycles. The highest BCUT2D eigenvalue weighted by Gasteiger charge is 2.04. The molecule has 1 amide bonds. The van der Waals surface area contributed by atoms with Gasteiger partial charge in [0.2, 0.25) is 5.91 Å². The molecule has 0 saturated heterocycles. The van der Waals surface area contributed by atoms with Gasteiger partial charge in [0.05, 0.1) is 13.2 Å². The number of anilines is 1. The van der Waals surface area contributed by atoms with Crippen molar-refractivity contribution in [3.63, 3.8) is 0 Å². The van der Waals surface area contributed by atoms with Gasteiger partial charge >= 0.3 is 0 Å². The van der Waals surface area contributed by atoms with Crippen LogP contribution in [0.1, 0.15) is 11.1 Å². The highest BCUT2D eigenvalue weighted by molar-refractivity contribution is 6.31. The van der Waals surface area contributed by atoms with Crippen LogP contribution in [0.4, 0.5) is 5.69 Å². The Kier molecular flexibility index (Phi) is 7.33. The minimum atomic E-state index is -0.102. The van der Waals surface area contributed by atoms with Crippen LogP contribution in [0.15, 0.2) is 78.9 Å². The molecule has 2 N–H and O–H groups in total. The lowest BCUT2D eigenvalue weighted by Gasteiger charge is -2.11. The molecule has 0 bridgehead atoms. The van der Waals surface area contributed by atoms with E-state index in [2.05, 4.69) is 22.8 Å². The molecule has 3 aromatic carbocycles. The van der Waals surface area contributed by atoms with Crippen LogP contribution in [0.3, 0.4) is 0 Å². The standard InChI is InChI=1S/C23H23ClN2O2/c24-22-12-5-4-9-19(22)16-26-23(27)17-25-20-10-6-11-21(15-20)28-14-13-18-7-2-1-3-8-18/h1-12,15,25H,13-14,16-17H2,(H,26,27). The van der Waals surface area contributed by atoms with Crippen LogP contribution in [0.2, 0.25) is 5.02 Å². The molecule has 144 valence electrons. The van der Waals surface area contributed by atoms with Gasteiger partial charge in [-0.3, -0.25) is 4.79 Å². The SMILES string of the molecule is O=C(CNc1cccc(OCCc2ccccc2)c1)NCc1ccccc1Cl. The number of amides is 1. The molecule has 3 aromatic rings. The second kappa shape index (κ2) is 10.4. The minimum Gasteiger partial charge on any atom is -0.493 e. The van der Waals surface area contributed by atoms with E-state index in [1.807, 2.05) is 66.7 Å². The maximum Gasteiger partial charge on any atom is 0.239 e. The molecular formula is C23H23ClN2O2. The number of hydrogen-bond acceptors (Lipinski definition) is 3. The van der Waals surface area contributed by atoms with E-state index in [-0.39, 0.29) is 12.5 Å². The third kappa shape index (κ3) is 6.32. The van der Waals surface area contributed by atoms with Crippen LogP contribution in [0.25, 0.3) is 0 Å². The highest BCUT2D eigenvalue weighted by Crippen LogP contribution is 2.18. The van der Waals surface area contributed by atoms with Crippen molar-refractivity contribution in [2.75, 3.05) is 18.5 Å². The summed E-state index contributed by atoms with van der Waals surface area (Å²) < 4.78 is 5.82. The van der Waals surface area contributed by atoms with Crippen molar-refractivity contribution in [3.05, 3.63) is 95.0 Å². The Hall–Kier alpha value is -2.98. The molecule has 0 saturated carbocycles. The first-order valence-corrected chi connectivity index (χ1v) is 9.59. The summed E-state index contributed by atoms with van der Waals surface area (Å²) in [6.45, 7) is 1.19. The Balaban J connectivity index is 1.42. The molecule has 0 atom stereocenters. The average molecular weight is 395 g/mol. The van der Waals surface area contributed by atoms with Crippen molar-refractivity contribution in [3.8, 4) is 5.75 Å². The maximum absolute atomic E-state index is 12.1. The van der Waals surface area contributed by atoms with Crippen molar-refractivity contribution in [2.24, 2.45) is 0 Å². The Morgan fingerprint density at radius 2 is 1.71 bits per heavy atom. The number of nitrogens with one attached hydrogen (secondary N) is 2. The lowest BCUT2D eigenvalue weighted by Crippen LogP contribution is -2.29. The number of halogens is 1. The molecular weight excluding hydrogens is 372 g/mol. The summed E-state index contributed by atoms with van der Waals surface area (Å²) in [4.78, 5) is 12.1. The van der Waals surface area contributed by atoms with Crippen LogP contribution in [-0.2, 0) is 17.8 Å². The van der Waals surface area contributed by atoms with Crippen molar-refractivity contribution in [1.82, 2.24) is 5.32 Å². The van der Waals surface area contributed by atoms with E-state index >= 15 is 0 Å². The number of ether oxygens (including phenoxy) is 1. The lowest BCUT2D eigenvalue weighted by molar-refractivity contribution is -0.119. The summed E-state index contributed by atoms with van der Waals surface area (Å²) in [5, 5.41) is 6.63. The molecule has 4 nitrogen and oxygen atoms in total. The topological polar surface area (TPSA) is 50.4 Å². The number of carbonyl (C=O) groups is 1. The molecule has 0 aliphatic rings. The van der Waals surface area contributed by atoms with Gasteiger partial charge in [-0.25, -0.2) is 0 Å². The first-order chi connectivity index (χ1) is 13.7. The van der Waals surface area contributed by atoms with Gasteiger partial charge < -0.3 is 15.4 Å². The zero-order valence-electron chi connectivity index (χ0n) is 15.5. The second-order valence-corrected chi connectivity index (χ2v) is 6.74. The van der Waals surface area contributed by atoms with Gasteiger partial charge in [-0.1, -0.05) is 66.2 Å². The van der Waals surface area contributed by atoms with Crippen molar-refractivity contribution in [1.29, 1.82) is 0 Å². The van der Waals surface area contributed by atoms with Gasteiger partial charge in [-0.2, -0.15) is 0 Å². The maximum atomic E-state index is 12.1. The summed E-state index contributed by atoms with van der Waals surface area (Å²) >= 11 is 6.10. The Labute approximate surface area is 170 Å². The zero-order valence-corrected chi connectivity index (χ0v) is 16.3. The second-order valence-electron chi connectivity index (χ2n) is 6.33. The summed E-state index contributed by atoms with van der Waals surface area (Å²) in [6.07, 6.45) is 0.850. The monoisotopic (exact) mass is 394 g/mol. The van der Waals surface area contributed by atoms with E-state index in [9.17, 15) is 4.79 Å². The van der Waals surface area contributed by atoms with Crippen LogP contribution < -0.4 is 15.4 Å². The molecule has 0 aliphatic heterocycles. The van der Waals surface area contributed by atoms with E-state index in [0.29, 0.717) is 18.2 Å². The predicted octanol–water partition coefficient (Wildman–Crippen LogP) is 4.69. The van der Waals surface area contributed by atoms with E-state index in [1.165, 1.54) is 5.56 Å². The first-order valence-electron chi connectivity index (χ1n) is 9.21. The summed E-state index contributed by atoms with van der Waals surface area (Å²) in [5.41, 5.74) is 2.98. The third-order valence-electron chi connectivity index (χ3n) is 4.22. The fourth-order valence-electron chi connectivity index (χ4n) is 2.71. The molecule has 0 unspecified atom stereocenters. The molecule has 28 heavy (non-hydrogen) atoms. The molecule has 0 heterocycles. The molecule has 5 heteroatoms. The fourth-order valence-corrected chi connectivity index (χ4v) is 2.91. The van der Waals surface area contributed by atoms with Crippen LogP contribution >= 0.6 is 11.6 Å². The Bertz CT molecular complexity index is 900. The number of rotatable bonds is 9. The quantitative estimate of drug-likeness (QED) is 0.553. The lowest BCUT2D eigenvalue weighted by atomic mass is 10.2. The van der Waals surface area contributed by atoms with Gasteiger partial charge in [0.25, 0.3) is 0 Å². The van der Waals surface area contributed by atoms with Gasteiger partial charge in [0.1, 0.15) is 5.75 Å². The van der Waals surface area contributed by atoms with Gasteiger partial charge in [-0.05, 0) is 29.3 Å². The van der Waals surface area contributed by atoms with Crippen LogP contribution in [0, 0.1) is 0 Å². The molecule has 0 spiro atoms. The largest absolute Gasteiger partial charge is 0.493 e. The molecule has 0 aromatic heterocycles. The molecule has 3 rings (SSSR count). The van der Waals surface area contributed by atoms with E-state index in [1.54, 1.807) is 0 Å². The summed E-state index contributed by atoms with van der Waals surface area (Å²) in [5.74, 6) is 0.674. The normalized spacial score (nSPS) is 10.3. The first kappa shape index (κ1) is 19.8. The number of benzene rings is 3. The Morgan fingerprint density at radius 3 is 2.54 bits per heavy atom. The fraction of sp³-hybridized carbons (Fsp3) is 0.174. The summed E-state index contributed by atoms with van der Waals surface area (Å²) in [7, 11) is 0. The van der Waals surface area contributed by atoms with Gasteiger partial charge in [0, 0.05) is 29.7 Å². The molecule has 0 radical (unpaired) electrons. The summed E-state index contributed by atoms with van der Waals surface area (Å²) in [6, 6.07) is 25.3. The highest BCUT2D eigenvalue weighted by atomic mass is 35.5. The number of carbonyl (C=O) groups excluding carboxylic acids is 1. The van der Waals surface area contributed by atoms with Crippen LogP contribution in [-0.4, -0.2) is 19.1 Å². The van der Waals surface area contributed by atoms with Crippen molar-refractivity contribution < 1.29 is 9.53 Å². The van der Waals surface area contributed by atoms with E-state index < -0.39 is 0 Å². The smallest absolute Gasteiger partial charge is 0.239 e. The Morgan fingerprint density at radius 1 is 0.929 bits per heavy atom. The van der Waals surface area contributed by atoms with E-state index in [4.69, 9.17) is 16.3 Å². The number of hydrogen-bond donors (Lipinski definition) is 2. The van der Waals surface area contributed by atoms with Gasteiger partial charge in [-0.15, -0.1) is 0 Å².